The molecule has 3 rings (SSSR count). The second-order valence-electron chi connectivity index (χ2n) is 4.49. The number of carbonyl (C=O) groups excluding carboxylic acids is 2. The number of nitrogen functional groups attached to an aromatic ring is 1. The number of nitrogens with zero attached hydrogens (tertiary/aromatic N) is 2. The lowest BCUT2D eigenvalue weighted by Crippen LogP contribution is -2.32. The minimum absolute atomic E-state index is 0.297. The van der Waals surface area contributed by atoms with E-state index in [0.717, 1.165) is 5.56 Å². The first-order chi connectivity index (χ1) is 9.09. The van der Waals surface area contributed by atoms with Crippen LogP contribution in [0.3, 0.4) is 0 Å². The molecule has 0 saturated carbocycles. The van der Waals surface area contributed by atoms with Gasteiger partial charge in [0, 0.05) is 17.4 Å². The third-order valence-corrected chi connectivity index (χ3v) is 3.33. The van der Waals surface area contributed by atoms with Crippen LogP contribution in [0.25, 0.3) is 0 Å². The molecule has 6 nitrogen and oxygen atoms in total. The molecule has 2 amide bonds. The number of imide groups is 1. The number of aromatic nitrogens is 2. The van der Waals surface area contributed by atoms with Crippen LogP contribution in [-0.4, -0.2) is 26.9 Å². The summed E-state index contributed by atoms with van der Waals surface area (Å²) in [6.07, 6.45) is 3.27. The van der Waals surface area contributed by atoms with E-state index in [-0.39, 0.29) is 17.9 Å². The molecule has 1 aromatic carbocycles. The van der Waals surface area contributed by atoms with E-state index in [1.54, 1.807) is 31.5 Å². The van der Waals surface area contributed by atoms with Crippen LogP contribution in [-0.2, 0) is 0 Å². The van der Waals surface area contributed by atoms with Crippen molar-refractivity contribution in [2.24, 2.45) is 0 Å². The maximum absolute atomic E-state index is 12.3. The Bertz CT molecular complexity index is 663. The van der Waals surface area contributed by atoms with Crippen LogP contribution in [0.2, 0.25) is 0 Å². The maximum Gasteiger partial charge on any atom is 0.262 e. The van der Waals surface area contributed by atoms with Crippen molar-refractivity contribution in [2.45, 2.75) is 13.0 Å². The minimum Gasteiger partial charge on any atom is -0.399 e. The fourth-order valence-electron chi connectivity index (χ4n) is 2.27. The number of amides is 2. The quantitative estimate of drug-likeness (QED) is 0.626. The minimum atomic E-state index is -0.368. The Morgan fingerprint density at radius 3 is 2.68 bits per heavy atom. The lowest BCUT2D eigenvalue weighted by atomic mass is 10.1. The molecular weight excluding hydrogens is 244 g/mol. The molecule has 0 radical (unpaired) electrons. The Kier molecular flexibility index (Phi) is 2.38. The maximum atomic E-state index is 12.3. The molecule has 2 aromatic rings. The molecule has 1 atom stereocenters. The van der Waals surface area contributed by atoms with Crippen molar-refractivity contribution in [3.8, 4) is 0 Å². The first-order valence-corrected chi connectivity index (χ1v) is 5.85. The number of rotatable bonds is 2. The summed E-state index contributed by atoms with van der Waals surface area (Å²) in [5.41, 5.74) is 7.67. The average molecular weight is 256 g/mol. The van der Waals surface area contributed by atoms with Crippen molar-refractivity contribution < 1.29 is 9.59 Å². The number of hydrogen-bond donors (Lipinski definition) is 2. The van der Waals surface area contributed by atoms with Gasteiger partial charge in [0.2, 0.25) is 0 Å². The summed E-state index contributed by atoms with van der Waals surface area (Å²) in [5.74, 6) is -0.616. The highest BCUT2D eigenvalue weighted by Gasteiger charge is 2.39. The largest absolute Gasteiger partial charge is 0.399 e. The van der Waals surface area contributed by atoms with Crippen LogP contribution in [0.1, 0.15) is 39.2 Å². The Labute approximate surface area is 109 Å². The molecule has 0 spiro atoms. The van der Waals surface area contributed by atoms with Gasteiger partial charge in [-0.1, -0.05) is 0 Å². The molecule has 96 valence electrons. The van der Waals surface area contributed by atoms with Gasteiger partial charge < -0.3 is 5.73 Å². The smallest absolute Gasteiger partial charge is 0.262 e. The number of aromatic amines is 1. The SMILES string of the molecule is CC(c1cn[nH]c1)N1C(=O)c2ccc(N)cc2C1=O. The summed E-state index contributed by atoms with van der Waals surface area (Å²) in [7, 11) is 0. The first kappa shape index (κ1) is 11.5. The van der Waals surface area contributed by atoms with Gasteiger partial charge in [0.25, 0.3) is 11.8 Å². The van der Waals surface area contributed by atoms with Gasteiger partial charge in [-0.25, -0.2) is 0 Å². The second-order valence-corrected chi connectivity index (χ2v) is 4.49. The van der Waals surface area contributed by atoms with Gasteiger partial charge in [0.15, 0.2) is 0 Å². The number of nitrogens with two attached hydrogens (primary N) is 1. The molecule has 1 aromatic heterocycles. The Morgan fingerprint density at radius 2 is 2.00 bits per heavy atom. The lowest BCUT2D eigenvalue weighted by molar-refractivity contribution is 0.0595. The monoisotopic (exact) mass is 256 g/mol. The standard InChI is InChI=1S/C13H12N4O2/c1-7(8-5-15-16-6-8)17-12(18)10-3-2-9(14)4-11(10)13(17)19/h2-7H,14H2,1H3,(H,15,16). The van der Waals surface area contributed by atoms with Gasteiger partial charge in [-0.15, -0.1) is 0 Å². The van der Waals surface area contributed by atoms with Crippen molar-refractivity contribution in [1.29, 1.82) is 0 Å². The van der Waals surface area contributed by atoms with Gasteiger partial charge >= 0.3 is 0 Å². The van der Waals surface area contributed by atoms with E-state index in [1.807, 2.05) is 0 Å². The number of anilines is 1. The van der Waals surface area contributed by atoms with E-state index in [9.17, 15) is 9.59 Å². The van der Waals surface area contributed by atoms with Gasteiger partial charge in [-0.3, -0.25) is 19.6 Å². The highest BCUT2D eigenvalue weighted by Crippen LogP contribution is 2.31. The average Bonchev–Trinajstić information content (AvgIpc) is 2.98. The topological polar surface area (TPSA) is 92.1 Å². The Balaban J connectivity index is 2.03. The second kappa shape index (κ2) is 3.94. The Hall–Kier alpha value is -2.63. The van der Waals surface area contributed by atoms with Gasteiger partial charge in [-0.2, -0.15) is 5.10 Å². The van der Waals surface area contributed by atoms with Crippen molar-refractivity contribution in [2.75, 3.05) is 5.73 Å². The summed E-state index contributed by atoms with van der Waals surface area (Å²) in [6, 6.07) is 4.38. The predicted octanol–water partition coefficient (Wildman–Crippen LogP) is 1.35. The van der Waals surface area contributed by atoms with E-state index in [0.29, 0.717) is 16.8 Å². The normalized spacial score (nSPS) is 15.7. The van der Waals surface area contributed by atoms with Crippen molar-refractivity contribution in [1.82, 2.24) is 15.1 Å². The zero-order valence-corrected chi connectivity index (χ0v) is 10.3. The van der Waals surface area contributed by atoms with Crippen LogP contribution < -0.4 is 5.73 Å². The zero-order chi connectivity index (χ0) is 13.6. The number of benzene rings is 1. The molecule has 1 aliphatic heterocycles. The van der Waals surface area contributed by atoms with Gasteiger partial charge in [-0.05, 0) is 25.1 Å². The van der Waals surface area contributed by atoms with E-state index in [4.69, 9.17) is 5.73 Å². The number of H-pyrrole nitrogens is 1. The summed E-state index contributed by atoms with van der Waals surface area (Å²) < 4.78 is 0. The van der Waals surface area contributed by atoms with Crippen molar-refractivity contribution in [3.63, 3.8) is 0 Å². The predicted molar refractivity (Wildman–Crippen MR) is 68.4 cm³/mol. The fraction of sp³-hybridized carbons (Fsp3) is 0.154. The molecular formula is C13H12N4O2. The van der Waals surface area contributed by atoms with E-state index in [1.165, 1.54) is 11.0 Å². The third kappa shape index (κ3) is 1.61. The van der Waals surface area contributed by atoms with E-state index < -0.39 is 0 Å². The lowest BCUT2D eigenvalue weighted by Gasteiger charge is -2.21. The molecule has 0 bridgehead atoms. The number of hydrogen-bond acceptors (Lipinski definition) is 4. The van der Waals surface area contributed by atoms with Crippen LogP contribution >= 0.6 is 0 Å². The van der Waals surface area contributed by atoms with E-state index >= 15 is 0 Å². The van der Waals surface area contributed by atoms with Crippen molar-refractivity contribution in [3.05, 3.63) is 47.3 Å². The van der Waals surface area contributed by atoms with Crippen LogP contribution in [0.15, 0.2) is 30.6 Å². The van der Waals surface area contributed by atoms with Gasteiger partial charge in [0.1, 0.15) is 0 Å². The van der Waals surface area contributed by atoms with E-state index in [2.05, 4.69) is 10.2 Å². The molecule has 1 unspecified atom stereocenters. The fourth-order valence-corrected chi connectivity index (χ4v) is 2.27. The Morgan fingerprint density at radius 1 is 1.26 bits per heavy atom. The van der Waals surface area contributed by atoms with Crippen molar-refractivity contribution >= 4 is 17.5 Å². The summed E-state index contributed by atoms with van der Waals surface area (Å²) in [4.78, 5) is 25.8. The summed E-state index contributed by atoms with van der Waals surface area (Å²) in [6.45, 7) is 1.79. The van der Waals surface area contributed by atoms with Crippen LogP contribution in [0.5, 0.6) is 0 Å². The molecule has 0 aliphatic carbocycles. The molecule has 19 heavy (non-hydrogen) atoms. The number of carbonyl (C=O) groups is 2. The molecule has 2 heterocycles. The third-order valence-electron chi connectivity index (χ3n) is 3.33. The molecule has 6 heteroatoms. The highest BCUT2D eigenvalue weighted by atomic mass is 16.2. The molecule has 0 saturated heterocycles. The first-order valence-electron chi connectivity index (χ1n) is 5.85. The number of nitrogens with one attached hydrogen (secondary N) is 1. The van der Waals surface area contributed by atoms with Gasteiger partial charge in [0.05, 0.1) is 23.4 Å². The van der Waals surface area contributed by atoms with Crippen LogP contribution in [0.4, 0.5) is 5.69 Å². The van der Waals surface area contributed by atoms with Crippen LogP contribution in [0, 0.1) is 0 Å². The number of fused-ring (bicyclic) bond motifs is 1. The summed E-state index contributed by atoms with van der Waals surface area (Å²) >= 11 is 0. The molecule has 1 aliphatic rings. The zero-order valence-electron chi connectivity index (χ0n) is 10.3. The highest BCUT2D eigenvalue weighted by molar-refractivity contribution is 6.21. The molecule has 0 fully saturated rings. The molecule has 3 N–H and O–H groups in total. The summed E-state index contributed by atoms with van der Waals surface area (Å²) in [5, 5.41) is 6.51.